The highest BCUT2D eigenvalue weighted by molar-refractivity contribution is 5.32. The molecule has 0 aliphatic heterocycles. The predicted molar refractivity (Wildman–Crippen MR) is 85.8 cm³/mol. The normalized spacial score (nSPS) is 19.0. The van der Waals surface area contributed by atoms with Crippen molar-refractivity contribution in [1.82, 2.24) is 10.4 Å². The van der Waals surface area contributed by atoms with Crippen LogP contribution in [0.2, 0.25) is 0 Å². The van der Waals surface area contributed by atoms with Gasteiger partial charge in [0.2, 0.25) is 0 Å². The van der Waals surface area contributed by atoms with Gasteiger partial charge in [0.1, 0.15) is 0 Å². The van der Waals surface area contributed by atoms with Crippen LogP contribution in [0, 0.1) is 0 Å². The lowest BCUT2D eigenvalue weighted by molar-refractivity contribution is 0.411. The number of nitrogens with one attached hydrogen (secondary N) is 1. The van der Waals surface area contributed by atoms with Crippen LogP contribution >= 0.6 is 0 Å². The summed E-state index contributed by atoms with van der Waals surface area (Å²) >= 11 is 0. The zero-order chi connectivity index (χ0) is 14.5. The molecule has 0 amide bonds. The van der Waals surface area contributed by atoms with Crippen molar-refractivity contribution in [3.05, 3.63) is 65.5 Å². The zero-order valence-corrected chi connectivity index (χ0v) is 12.3. The predicted octanol–water partition coefficient (Wildman–Crippen LogP) is 2.97. The van der Waals surface area contributed by atoms with Crippen LogP contribution in [-0.4, -0.2) is 11.0 Å². The van der Waals surface area contributed by atoms with Crippen molar-refractivity contribution in [2.45, 2.75) is 44.1 Å². The Morgan fingerprint density at radius 2 is 2.05 bits per heavy atom. The number of nitrogens with zero attached hydrogens (tertiary/aromatic N) is 1. The van der Waals surface area contributed by atoms with E-state index in [9.17, 15) is 0 Å². The first-order valence-electron chi connectivity index (χ1n) is 7.80. The van der Waals surface area contributed by atoms with Crippen molar-refractivity contribution in [2.75, 3.05) is 0 Å². The Labute approximate surface area is 126 Å². The molecule has 1 heterocycles. The molecule has 0 spiro atoms. The van der Waals surface area contributed by atoms with Gasteiger partial charge < -0.3 is 0 Å². The number of aryl methyl sites for hydroxylation is 1. The van der Waals surface area contributed by atoms with Crippen molar-refractivity contribution in [3.63, 3.8) is 0 Å². The van der Waals surface area contributed by atoms with Gasteiger partial charge in [-0.05, 0) is 54.9 Å². The molecule has 3 rings (SSSR count). The molecule has 110 valence electrons. The number of rotatable bonds is 5. The summed E-state index contributed by atoms with van der Waals surface area (Å²) < 4.78 is 0. The number of benzene rings is 1. The van der Waals surface area contributed by atoms with E-state index in [4.69, 9.17) is 5.84 Å². The number of hydrogen-bond acceptors (Lipinski definition) is 3. The summed E-state index contributed by atoms with van der Waals surface area (Å²) in [5.41, 5.74) is 7.12. The van der Waals surface area contributed by atoms with Crippen LogP contribution in [0.1, 0.15) is 42.0 Å². The third-order valence-corrected chi connectivity index (χ3v) is 4.48. The fourth-order valence-corrected chi connectivity index (χ4v) is 3.42. The van der Waals surface area contributed by atoms with E-state index in [0.717, 1.165) is 18.5 Å². The molecule has 1 aliphatic rings. The van der Waals surface area contributed by atoms with E-state index in [2.05, 4.69) is 40.7 Å². The summed E-state index contributed by atoms with van der Waals surface area (Å²) in [7, 11) is 0. The maximum Gasteiger partial charge on any atom is 0.0419 e. The summed E-state index contributed by atoms with van der Waals surface area (Å²) in [5, 5.41) is 0. The van der Waals surface area contributed by atoms with Gasteiger partial charge in [-0.15, -0.1) is 0 Å². The first-order valence-corrected chi connectivity index (χ1v) is 7.80. The van der Waals surface area contributed by atoms with Gasteiger partial charge in [-0.2, -0.15) is 0 Å². The maximum absolute atomic E-state index is 5.78. The second-order valence-corrected chi connectivity index (χ2v) is 5.91. The van der Waals surface area contributed by atoms with Crippen LogP contribution in [0.3, 0.4) is 0 Å². The minimum atomic E-state index is 0.274. The number of aromatic nitrogens is 1. The van der Waals surface area contributed by atoms with E-state index in [1.54, 1.807) is 0 Å². The van der Waals surface area contributed by atoms with Crippen LogP contribution in [-0.2, 0) is 12.8 Å². The van der Waals surface area contributed by atoms with E-state index in [1.807, 2.05) is 18.3 Å². The van der Waals surface area contributed by atoms with Gasteiger partial charge in [-0.3, -0.25) is 16.3 Å². The number of fused-ring (bicyclic) bond motifs is 1. The zero-order valence-electron chi connectivity index (χ0n) is 12.3. The Morgan fingerprint density at radius 1 is 1.19 bits per heavy atom. The average Bonchev–Trinajstić information content (AvgIpc) is 2.55. The number of hydrazine groups is 1. The SMILES string of the molecule is NNC(Cc1ccccn1)CC1CCCc2ccccc21. The van der Waals surface area contributed by atoms with Crippen LogP contribution in [0.25, 0.3) is 0 Å². The summed E-state index contributed by atoms with van der Waals surface area (Å²) in [6.45, 7) is 0. The molecule has 1 aliphatic carbocycles. The van der Waals surface area contributed by atoms with E-state index >= 15 is 0 Å². The van der Waals surface area contributed by atoms with Gasteiger partial charge in [0.25, 0.3) is 0 Å². The highest BCUT2D eigenvalue weighted by Gasteiger charge is 2.23. The lowest BCUT2D eigenvalue weighted by Crippen LogP contribution is -2.38. The van der Waals surface area contributed by atoms with Crippen molar-refractivity contribution < 1.29 is 0 Å². The van der Waals surface area contributed by atoms with Gasteiger partial charge in [0.05, 0.1) is 0 Å². The Morgan fingerprint density at radius 3 is 2.86 bits per heavy atom. The van der Waals surface area contributed by atoms with E-state index in [-0.39, 0.29) is 6.04 Å². The van der Waals surface area contributed by atoms with Crippen molar-refractivity contribution >= 4 is 0 Å². The second kappa shape index (κ2) is 6.83. The van der Waals surface area contributed by atoms with E-state index in [0.29, 0.717) is 5.92 Å². The molecule has 2 unspecified atom stereocenters. The molecule has 2 aromatic rings. The molecule has 0 saturated heterocycles. The van der Waals surface area contributed by atoms with Crippen molar-refractivity contribution in [1.29, 1.82) is 0 Å². The van der Waals surface area contributed by atoms with Gasteiger partial charge in [-0.1, -0.05) is 30.3 Å². The van der Waals surface area contributed by atoms with Crippen molar-refractivity contribution in [2.24, 2.45) is 5.84 Å². The fraction of sp³-hybridized carbons (Fsp3) is 0.389. The first-order chi connectivity index (χ1) is 10.4. The van der Waals surface area contributed by atoms with Crippen LogP contribution in [0.5, 0.6) is 0 Å². The van der Waals surface area contributed by atoms with Crippen LogP contribution in [0.15, 0.2) is 48.7 Å². The molecule has 1 aromatic heterocycles. The monoisotopic (exact) mass is 281 g/mol. The standard InChI is InChI=1S/C18H23N3/c19-21-17(13-16-9-3-4-11-20-16)12-15-8-5-7-14-6-1-2-10-18(14)15/h1-4,6,9-11,15,17,21H,5,7-8,12-13,19H2. The van der Waals surface area contributed by atoms with Gasteiger partial charge in [-0.25, -0.2) is 0 Å². The lowest BCUT2D eigenvalue weighted by Gasteiger charge is -2.28. The Kier molecular flexibility index (Phi) is 4.63. The van der Waals surface area contributed by atoms with Crippen molar-refractivity contribution in [3.8, 4) is 0 Å². The lowest BCUT2D eigenvalue weighted by atomic mass is 9.79. The van der Waals surface area contributed by atoms with E-state index < -0.39 is 0 Å². The fourth-order valence-electron chi connectivity index (χ4n) is 3.42. The van der Waals surface area contributed by atoms with Crippen LogP contribution < -0.4 is 11.3 Å². The third-order valence-electron chi connectivity index (χ3n) is 4.48. The average molecular weight is 281 g/mol. The quantitative estimate of drug-likeness (QED) is 0.654. The Bertz CT molecular complexity index is 568. The Hall–Kier alpha value is -1.71. The summed E-state index contributed by atoms with van der Waals surface area (Å²) in [5.74, 6) is 6.39. The molecule has 0 radical (unpaired) electrons. The molecule has 0 fully saturated rings. The third kappa shape index (κ3) is 3.49. The first kappa shape index (κ1) is 14.2. The molecule has 21 heavy (non-hydrogen) atoms. The molecule has 0 bridgehead atoms. The summed E-state index contributed by atoms with van der Waals surface area (Å²) in [6, 6.07) is 15.2. The molecular weight excluding hydrogens is 258 g/mol. The summed E-state index contributed by atoms with van der Waals surface area (Å²) in [6.07, 6.45) is 7.56. The van der Waals surface area contributed by atoms with E-state index in [1.165, 1.54) is 30.4 Å². The number of pyridine rings is 1. The molecule has 2 atom stereocenters. The topological polar surface area (TPSA) is 50.9 Å². The van der Waals surface area contributed by atoms with Crippen LogP contribution in [0.4, 0.5) is 0 Å². The number of nitrogens with two attached hydrogens (primary N) is 1. The minimum absolute atomic E-state index is 0.274. The molecule has 3 N–H and O–H groups in total. The number of hydrogen-bond donors (Lipinski definition) is 2. The minimum Gasteiger partial charge on any atom is -0.271 e. The van der Waals surface area contributed by atoms with Gasteiger partial charge in [0.15, 0.2) is 0 Å². The molecule has 0 saturated carbocycles. The van der Waals surface area contributed by atoms with Gasteiger partial charge in [0, 0.05) is 24.4 Å². The summed E-state index contributed by atoms with van der Waals surface area (Å²) in [4.78, 5) is 4.41. The highest BCUT2D eigenvalue weighted by Crippen LogP contribution is 2.34. The largest absolute Gasteiger partial charge is 0.271 e. The molecular formula is C18H23N3. The smallest absolute Gasteiger partial charge is 0.0419 e. The molecule has 3 nitrogen and oxygen atoms in total. The molecule has 1 aromatic carbocycles. The second-order valence-electron chi connectivity index (χ2n) is 5.91. The van der Waals surface area contributed by atoms with Gasteiger partial charge >= 0.3 is 0 Å². The highest BCUT2D eigenvalue weighted by atomic mass is 15.2. The Balaban J connectivity index is 1.70. The molecule has 3 heteroatoms. The maximum atomic E-state index is 5.78.